The number of nitrogens with zero attached hydrogens (tertiary/aromatic N) is 4. The number of thiophene rings is 1. The molecule has 1 saturated heterocycles. The van der Waals surface area contributed by atoms with Crippen LogP contribution in [0.25, 0.3) is 10.2 Å². The Balaban J connectivity index is 1.50. The van der Waals surface area contributed by atoms with Gasteiger partial charge in [0.15, 0.2) is 5.16 Å². The first-order chi connectivity index (χ1) is 15.9. The first-order valence-electron chi connectivity index (χ1n) is 11.7. The van der Waals surface area contributed by atoms with Crippen LogP contribution < -0.4 is 10.5 Å². The van der Waals surface area contributed by atoms with Gasteiger partial charge in [-0.1, -0.05) is 43.3 Å². The number of fused-ring (bicyclic) bond motifs is 1. The summed E-state index contributed by atoms with van der Waals surface area (Å²) < 4.78 is 1.78. The molecule has 1 fully saturated rings. The van der Waals surface area contributed by atoms with E-state index in [1.54, 1.807) is 15.9 Å². The van der Waals surface area contributed by atoms with Crippen LogP contribution in [-0.2, 0) is 11.3 Å². The fourth-order valence-corrected chi connectivity index (χ4v) is 6.29. The zero-order valence-corrected chi connectivity index (χ0v) is 21.5. The van der Waals surface area contributed by atoms with E-state index in [0.29, 0.717) is 24.8 Å². The van der Waals surface area contributed by atoms with E-state index in [-0.39, 0.29) is 16.7 Å². The standard InChI is InChI=1S/C25H32N4O2S2/c1-5-6-12-29-24(31)21-17(2)18(3)32-22(21)26-25(29)33-19(4)23(30)28-15-13-27(14-16-28)20-10-8-7-9-11-20/h7-11,19H,5-6,12-16H2,1-4H3. The van der Waals surface area contributed by atoms with Crippen molar-refractivity contribution in [3.8, 4) is 0 Å². The number of aryl methyl sites for hydroxylation is 2. The predicted octanol–water partition coefficient (Wildman–Crippen LogP) is 4.70. The number of anilines is 1. The van der Waals surface area contributed by atoms with Gasteiger partial charge in [-0.2, -0.15) is 0 Å². The van der Waals surface area contributed by atoms with Gasteiger partial charge in [-0.15, -0.1) is 11.3 Å². The molecule has 1 unspecified atom stereocenters. The Kier molecular flexibility index (Phi) is 7.44. The number of thioether (sulfide) groups is 1. The lowest BCUT2D eigenvalue weighted by Crippen LogP contribution is -2.50. The quantitative estimate of drug-likeness (QED) is 0.359. The van der Waals surface area contributed by atoms with Crippen LogP contribution in [0.2, 0.25) is 0 Å². The van der Waals surface area contributed by atoms with Gasteiger partial charge in [-0.3, -0.25) is 14.2 Å². The maximum absolute atomic E-state index is 13.3. The summed E-state index contributed by atoms with van der Waals surface area (Å²) in [5, 5.41) is 1.09. The second-order valence-corrected chi connectivity index (χ2v) is 11.1. The molecule has 6 nitrogen and oxygen atoms in total. The summed E-state index contributed by atoms with van der Waals surface area (Å²) in [6.07, 6.45) is 1.91. The van der Waals surface area contributed by atoms with E-state index < -0.39 is 0 Å². The highest BCUT2D eigenvalue weighted by Gasteiger charge is 2.27. The van der Waals surface area contributed by atoms with Crippen molar-refractivity contribution >= 4 is 44.9 Å². The second kappa shape index (κ2) is 10.3. The topological polar surface area (TPSA) is 58.4 Å². The zero-order chi connectivity index (χ0) is 23.5. The maximum Gasteiger partial charge on any atom is 0.263 e. The third kappa shape index (κ3) is 4.96. The zero-order valence-electron chi connectivity index (χ0n) is 19.8. The van der Waals surface area contributed by atoms with E-state index in [4.69, 9.17) is 4.98 Å². The summed E-state index contributed by atoms with van der Waals surface area (Å²) >= 11 is 2.98. The molecule has 33 heavy (non-hydrogen) atoms. The van der Waals surface area contributed by atoms with E-state index in [2.05, 4.69) is 24.0 Å². The summed E-state index contributed by atoms with van der Waals surface area (Å²) in [5.74, 6) is 0.114. The van der Waals surface area contributed by atoms with Crippen LogP contribution in [0.1, 0.15) is 37.1 Å². The number of unbranched alkanes of at least 4 members (excludes halogenated alkanes) is 1. The van der Waals surface area contributed by atoms with E-state index in [9.17, 15) is 9.59 Å². The number of piperazine rings is 1. The van der Waals surface area contributed by atoms with Crippen LogP contribution in [0.15, 0.2) is 40.3 Å². The van der Waals surface area contributed by atoms with Crippen molar-refractivity contribution in [2.24, 2.45) is 0 Å². The SMILES string of the molecule is CCCCn1c(SC(C)C(=O)N2CCN(c3ccccc3)CC2)nc2sc(C)c(C)c2c1=O. The molecule has 0 radical (unpaired) electrons. The molecule has 0 saturated carbocycles. The number of amides is 1. The summed E-state index contributed by atoms with van der Waals surface area (Å²) in [7, 11) is 0. The number of hydrogen-bond acceptors (Lipinski definition) is 6. The van der Waals surface area contributed by atoms with Crippen molar-refractivity contribution in [3.05, 3.63) is 51.1 Å². The van der Waals surface area contributed by atoms with Gasteiger partial charge in [0.1, 0.15) is 4.83 Å². The van der Waals surface area contributed by atoms with E-state index in [1.807, 2.05) is 43.9 Å². The molecule has 1 aliphatic heterocycles. The van der Waals surface area contributed by atoms with E-state index in [0.717, 1.165) is 46.6 Å². The molecule has 0 N–H and O–H groups in total. The summed E-state index contributed by atoms with van der Waals surface area (Å²) in [4.78, 5) is 37.6. The molecule has 2 aromatic heterocycles. The summed E-state index contributed by atoms with van der Waals surface area (Å²) in [6.45, 7) is 11.8. The number of carbonyl (C=O) groups excluding carboxylic acids is 1. The molecule has 1 aromatic carbocycles. The third-order valence-corrected chi connectivity index (χ3v) is 8.51. The lowest BCUT2D eigenvalue weighted by atomic mass is 10.2. The molecular weight excluding hydrogens is 452 g/mol. The number of hydrogen-bond donors (Lipinski definition) is 0. The third-order valence-electron chi connectivity index (χ3n) is 6.33. The molecule has 8 heteroatoms. The number of aromatic nitrogens is 2. The van der Waals surface area contributed by atoms with Crippen LogP contribution >= 0.6 is 23.1 Å². The van der Waals surface area contributed by atoms with E-state index >= 15 is 0 Å². The maximum atomic E-state index is 13.3. The molecule has 1 aliphatic rings. The first kappa shape index (κ1) is 23.8. The molecule has 3 aromatic rings. The fourth-order valence-electron chi connectivity index (χ4n) is 4.20. The lowest BCUT2D eigenvalue weighted by Gasteiger charge is -2.37. The van der Waals surface area contributed by atoms with Gasteiger partial charge >= 0.3 is 0 Å². The van der Waals surface area contributed by atoms with Gasteiger partial charge in [0.25, 0.3) is 5.56 Å². The van der Waals surface area contributed by atoms with Crippen molar-refractivity contribution in [3.63, 3.8) is 0 Å². The summed E-state index contributed by atoms with van der Waals surface area (Å²) in [5.41, 5.74) is 2.25. The van der Waals surface area contributed by atoms with Crippen LogP contribution in [0.3, 0.4) is 0 Å². The van der Waals surface area contributed by atoms with Crippen LogP contribution in [0, 0.1) is 13.8 Å². The second-order valence-electron chi connectivity index (χ2n) is 8.58. The molecule has 0 spiro atoms. The Hall–Kier alpha value is -2.32. The Morgan fingerprint density at radius 1 is 1.15 bits per heavy atom. The van der Waals surface area contributed by atoms with Crippen molar-refractivity contribution in [1.82, 2.24) is 14.5 Å². The Labute approximate surface area is 203 Å². The molecule has 3 heterocycles. The van der Waals surface area contributed by atoms with Crippen molar-refractivity contribution < 1.29 is 4.79 Å². The minimum Gasteiger partial charge on any atom is -0.368 e. The van der Waals surface area contributed by atoms with Crippen LogP contribution in [0.5, 0.6) is 0 Å². The fraction of sp³-hybridized carbons (Fsp3) is 0.480. The highest BCUT2D eigenvalue weighted by molar-refractivity contribution is 8.00. The first-order valence-corrected chi connectivity index (χ1v) is 13.4. The van der Waals surface area contributed by atoms with Crippen LogP contribution in [0.4, 0.5) is 5.69 Å². The highest BCUT2D eigenvalue weighted by Crippen LogP contribution is 2.30. The van der Waals surface area contributed by atoms with Gasteiger partial charge < -0.3 is 9.80 Å². The van der Waals surface area contributed by atoms with Gasteiger partial charge in [0.2, 0.25) is 5.91 Å². The predicted molar refractivity (Wildman–Crippen MR) is 139 cm³/mol. The normalized spacial score (nSPS) is 15.3. The average molecular weight is 485 g/mol. The van der Waals surface area contributed by atoms with Crippen LogP contribution in [-0.4, -0.2) is 51.8 Å². The molecule has 4 rings (SSSR count). The van der Waals surface area contributed by atoms with Crippen molar-refractivity contribution in [2.75, 3.05) is 31.1 Å². The minimum absolute atomic E-state index is 0.0222. The molecule has 1 atom stereocenters. The summed E-state index contributed by atoms with van der Waals surface area (Å²) in [6, 6.07) is 10.3. The van der Waals surface area contributed by atoms with Crippen molar-refractivity contribution in [1.29, 1.82) is 0 Å². The molecule has 176 valence electrons. The van der Waals surface area contributed by atoms with Gasteiger partial charge in [0.05, 0.1) is 10.6 Å². The molecule has 1 amide bonds. The Bertz CT molecular complexity index is 1180. The largest absolute Gasteiger partial charge is 0.368 e. The Morgan fingerprint density at radius 2 is 1.85 bits per heavy atom. The number of rotatable bonds is 7. The Morgan fingerprint density at radius 3 is 2.52 bits per heavy atom. The number of benzene rings is 1. The van der Waals surface area contributed by atoms with Gasteiger partial charge in [0, 0.05) is 43.3 Å². The average Bonchev–Trinajstić information content (AvgIpc) is 3.12. The van der Waals surface area contributed by atoms with Gasteiger partial charge in [-0.05, 0) is 44.9 Å². The molecular formula is C25H32N4O2S2. The molecule has 0 bridgehead atoms. The number of carbonyl (C=O) groups is 1. The minimum atomic E-state index is -0.298. The number of para-hydroxylation sites is 1. The van der Waals surface area contributed by atoms with Crippen molar-refractivity contribution in [2.45, 2.75) is 57.5 Å². The monoisotopic (exact) mass is 484 g/mol. The smallest absolute Gasteiger partial charge is 0.263 e. The lowest BCUT2D eigenvalue weighted by molar-refractivity contribution is -0.130. The van der Waals surface area contributed by atoms with Gasteiger partial charge in [-0.25, -0.2) is 4.98 Å². The van der Waals surface area contributed by atoms with E-state index in [1.165, 1.54) is 17.4 Å². The molecule has 0 aliphatic carbocycles. The highest BCUT2D eigenvalue weighted by atomic mass is 32.2.